The molecule has 4 aromatic rings. The van der Waals surface area contributed by atoms with Crippen molar-refractivity contribution in [2.75, 3.05) is 14.2 Å². The summed E-state index contributed by atoms with van der Waals surface area (Å²) in [5.41, 5.74) is 2.62. The Hall–Kier alpha value is -4.13. The third kappa shape index (κ3) is 5.20. The summed E-state index contributed by atoms with van der Waals surface area (Å²) < 4.78 is 29.7. The highest BCUT2D eigenvalue weighted by atomic mass is 19.1. The Morgan fingerprint density at radius 2 is 1.70 bits per heavy atom. The summed E-state index contributed by atoms with van der Waals surface area (Å²) in [4.78, 5) is 14.9. The molecule has 0 aliphatic heterocycles. The number of carbonyl (C=O) groups is 1. The van der Waals surface area contributed by atoms with Crippen molar-refractivity contribution in [1.29, 1.82) is 0 Å². The first-order valence-corrected chi connectivity index (χ1v) is 10.3. The molecule has 6 nitrogen and oxygen atoms in total. The molecule has 1 amide bonds. The average Bonchev–Trinajstić information content (AvgIpc) is 3.33. The molecule has 0 aliphatic carbocycles. The Morgan fingerprint density at radius 3 is 2.39 bits per heavy atom. The maximum Gasteiger partial charge on any atom is 0.254 e. The second kappa shape index (κ2) is 9.99. The number of nitrogens with zero attached hydrogens (tertiary/aromatic N) is 2. The number of benzene rings is 3. The lowest BCUT2D eigenvalue weighted by Crippen LogP contribution is -2.30. The van der Waals surface area contributed by atoms with Crippen LogP contribution in [0.3, 0.4) is 0 Å². The van der Waals surface area contributed by atoms with Gasteiger partial charge in [-0.3, -0.25) is 4.79 Å². The number of methoxy groups -OCH3 is 2. The van der Waals surface area contributed by atoms with Crippen LogP contribution in [0.5, 0.6) is 11.5 Å². The van der Waals surface area contributed by atoms with Crippen molar-refractivity contribution in [2.24, 2.45) is 0 Å². The largest absolute Gasteiger partial charge is 0.497 e. The molecule has 0 N–H and O–H groups in total. The molecule has 168 valence electrons. The molecular weight excluding hydrogens is 423 g/mol. The van der Waals surface area contributed by atoms with E-state index in [1.807, 2.05) is 18.2 Å². The molecule has 0 fully saturated rings. The van der Waals surface area contributed by atoms with E-state index in [1.54, 1.807) is 67.7 Å². The lowest BCUT2D eigenvalue weighted by molar-refractivity contribution is 0.0726. The van der Waals surface area contributed by atoms with Gasteiger partial charge in [-0.05, 0) is 48.0 Å². The van der Waals surface area contributed by atoms with Crippen LogP contribution < -0.4 is 9.47 Å². The third-order valence-corrected chi connectivity index (χ3v) is 5.18. The van der Waals surface area contributed by atoms with Crippen molar-refractivity contribution in [3.8, 4) is 22.8 Å². The zero-order valence-corrected chi connectivity index (χ0v) is 18.3. The van der Waals surface area contributed by atoms with Gasteiger partial charge in [0.15, 0.2) is 5.76 Å². The van der Waals surface area contributed by atoms with Crippen LogP contribution in [-0.4, -0.2) is 30.2 Å². The number of halogens is 1. The highest BCUT2D eigenvalue weighted by molar-refractivity contribution is 5.94. The van der Waals surface area contributed by atoms with Crippen LogP contribution in [0.4, 0.5) is 4.39 Å². The van der Waals surface area contributed by atoms with Crippen LogP contribution in [0.25, 0.3) is 11.3 Å². The van der Waals surface area contributed by atoms with Gasteiger partial charge in [-0.25, -0.2) is 4.39 Å². The van der Waals surface area contributed by atoms with E-state index in [0.29, 0.717) is 40.6 Å². The van der Waals surface area contributed by atoms with E-state index in [4.69, 9.17) is 14.0 Å². The molecule has 0 saturated heterocycles. The van der Waals surface area contributed by atoms with Gasteiger partial charge in [0, 0.05) is 18.2 Å². The molecule has 0 spiro atoms. The first-order valence-electron chi connectivity index (χ1n) is 10.3. The van der Waals surface area contributed by atoms with Gasteiger partial charge in [0.25, 0.3) is 5.91 Å². The zero-order chi connectivity index (χ0) is 23.2. The molecule has 0 saturated carbocycles. The summed E-state index contributed by atoms with van der Waals surface area (Å²) in [5.74, 6) is 1.27. The summed E-state index contributed by atoms with van der Waals surface area (Å²) in [7, 11) is 3.16. The van der Waals surface area contributed by atoms with Gasteiger partial charge in [0.2, 0.25) is 0 Å². The highest BCUT2D eigenvalue weighted by Gasteiger charge is 2.20. The molecule has 7 heteroatoms. The molecule has 0 unspecified atom stereocenters. The second-order valence-electron chi connectivity index (χ2n) is 7.40. The fourth-order valence-electron chi connectivity index (χ4n) is 3.49. The molecule has 0 aliphatic rings. The summed E-state index contributed by atoms with van der Waals surface area (Å²) in [6, 6.07) is 22.2. The smallest absolute Gasteiger partial charge is 0.254 e. The van der Waals surface area contributed by atoms with Gasteiger partial charge < -0.3 is 18.9 Å². The van der Waals surface area contributed by atoms with Crippen LogP contribution in [0.2, 0.25) is 0 Å². The lowest BCUT2D eigenvalue weighted by Gasteiger charge is -2.22. The van der Waals surface area contributed by atoms with E-state index < -0.39 is 0 Å². The fraction of sp³-hybridized carbons (Fsp3) is 0.154. The minimum atomic E-state index is -0.326. The Balaban J connectivity index is 1.62. The summed E-state index contributed by atoms with van der Waals surface area (Å²) >= 11 is 0. The van der Waals surface area contributed by atoms with Crippen molar-refractivity contribution in [3.63, 3.8) is 0 Å². The van der Waals surface area contributed by atoms with Gasteiger partial charge in [0.1, 0.15) is 23.0 Å². The molecule has 33 heavy (non-hydrogen) atoms. The molecule has 1 aromatic heterocycles. The molecule has 0 atom stereocenters. The number of aromatic nitrogens is 1. The maximum absolute atomic E-state index is 13.4. The van der Waals surface area contributed by atoms with E-state index in [9.17, 15) is 9.18 Å². The van der Waals surface area contributed by atoms with Crippen LogP contribution in [0.1, 0.15) is 21.6 Å². The summed E-state index contributed by atoms with van der Waals surface area (Å²) in [6.45, 7) is 0.500. The summed E-state index contributed by atoms with van der Waals surface area (Å²) in [5, 5.41) is 4.17. The highest BCUT2D eigenvalue weighted by Crippen LogP contribution is 2.34. The minimum Gasteiger partial charge on any atom is -0.497 e. The van der Waals surface area contributed by atoms with Gasteiger partial charge >= 0.3 is 0 Å². The van der Waals surface area contributed by atoms with Gasteiger partial charge in [-0.1, -0.05) is 35.5 Å². The van der Waals surface area contributed by atoms with E-state index >= 15 is 0 Å². The van der Waals surface area contributed by atoms with E-state index in [2.05, 4.69) is 5.16 Å². The molecule has 0 radical (unpaired) electrons. The van der Waals surface area contributed by atoms with Crippen molar-refractivity contribution in [1.82, 2.24) is 10.1 Å². The van der Waals surface area contributed by atoms with Crippen LogP contribution in [0.15, 0.2) is 83.4 Å². The number of carbonyl (C=O) groups excluding carboxylic acids is 1. The van der Waals surface area contributed by atoms with Gasteiger partial charge in [-0.2, -0.15) is 0 Å². The Morgan fingerprint density at radius 1 is 0.939 bits per heavy atom. The van der Waals surface area contributed by atoms with E-state index in [0.717, 1.165) is 5.56 Å². The van der Waals surface area contributed by atoms with Crippen molar-refractivity contribution in [2.45, 2.75) is 13.1 Å². The molecule has 4 rings (SSSR count). The molecular formula is C26H23FN2O4. The van der Waals surface area contributed by atoms with Crippen LogP contribution in [0, 0.1) is 5.82 Å². The predicted molar refractivity (Wildman–Crippen MR) is 121 cm³/mol. The normalized spacial score (nSPS) is 10.6. The lowest BCUT2D eigenvalue weighted by atomic mass is 10.1. The average molecular weight is 446 g/mol. The number of hydrogen-bond acceptors (Lipinski definition) is 5. The predicted octanol–water partition coefficient (Wildman–Crippen LogP) is 5.34. The number of hydrogen-bond donors (Lipinski definition) is 0. The third-order valence-electron chi connectivity index (χ3n) is 5.18. The summed E-state index contributed by atoms with van der Waals surface area (Å²) in [6.07, 6.45) is 0. The first kappa shape index (κ1) is 22.1. The topological polar surface area (TPSA) is 64.8 Å². The SMILES string of the molecule is COc1ccc(OC)c(-c2cc(CN(Cc3ccc(F)cc3)C(=O)c3ccccc3)no2)c1. The Kier molecular flexibility index (Phi) is 6.69. The van der Waals surface area contributed by atoms with Gasteiger partial charge in [-0.15, -0.1) is 0 Å². The first-order chi connectivity index (χ1) is 16.1. The van der Waals surface area contributed by atoms with Gasteiger partial charge in [0.05, 0.1) is 26.3 Å². The van der Waals surface area contributed by atoms with Crippen LogP contribution in [-0.2, 0) is 13.1 Å². The molecule has 0 bridgehead atoms. The molecule has 3 aromatic carbocycles. The minimum absolute atomic E-state index is 0.163. The standard InChI is InChI=1S/C26H23FN2O4/c1-31-22-12-13-24(32-2)23(15-22)25-14-21(28-33-25)17-29(16-18-8-10-20(27)11-9-18)26(30)19-6-4-3-5-7-19/h3-15H,16-17H2,1-2H3. The molecule has 1 heterocycles. The van der Waals surface area contributed by atoms with Crippen molar-refractivity contribution in [3.05, 3.63) is 102 Å². The van der Waals surface area contributed by atoms with E-state index in [-0.39, 0.29) is 18.3 Å². The fourth-order valence-corrected chi connectivity index (χ4v) is 3.49. The zero-order valence-electron chi connectivity index (χ0n) is 18.3. The number of ether oxygens (including phenoxy) is 2. The number of amides is 1. The Labute approximate surface area is 191 Å². The monoisotopic (exact) mass is 446 g/mol. The van der Waals surface area contributed by atoms with Crippen molar-refractivity contribution >= 4 is 5.91 Å². The number of rotatable bonds is 8. The quantitative estimate of drug-likeness (QED) is 0.366. The van der Waals surface area contributed by atoms with E-state index in [1.165, 1.54) is 12.1 Å². The second-order valence-corrected chi connectivity index (χ2v) is 7.40. The van der Waals surface area contributed by atoms with Crippen molar-refractivity contribution < 1.29 is 23.2 Å². The Bertz CT molecular complexity index is 1220. The van der Waals surface area contributed by atoms with Crippen LogP contribution >= 0.6 is 0 Å². The maximum atomic E-state index is 13.4.